The zero-order valence-corrected chi connectivity index (χ0v) is 16.6. The van der Waals surface area contributed by atoms with Gasteiger partial charge in [0.15, 0.2) is 5.75 Å². The summed E-state index contributed by atoms with van der Waals surface area (Å²) in [6.45, 7) is 0. The molecule has 7 nitrogen and oxygen atoms in total. The minimum atomic E-state index is -0.529. The van der Waals surface area contributed by atoms with E-state index in [2.05, 4.69) is 4.98 Å². The predicted octanol–water partition coefficient (Wildman–Crippen LogP) is 4.97. The molecule has 0 bridgehead atoms. The van der Waals surface area contributed by atoms with Crippen molar-refractivity contribution in [1.29, 1.82) is 0 Å². The Morgan fingerprint density at radius 2 is 1.80 bits per heavy atom. The standard InChI is InChI=1S/C22H16N2O5S/c1-29-14-7-9-15(10-8-14)30-19-11-6-13(12-18(19)24(27)28)20-22(26)21(25)16-4-2-3-5-17(16)23-20/h2-12,26H,1H3,(H,23,25). The van der Waals surface area contributed by atoms with Crippen LogP contribution in [0.15, 0.2) is 81.3 Å². The quantitative estimate of drug-likeness (QED) is 0.349. The van der Waals surface area contributed by atoms with E-state index < -0.39 is 16.1 Å². The number of hydrogen-bond acceptors (Lipinski definition) is 6. The monoisotopic (exact) mass is 420 g/mol. The van der Waals surface area contributed by atoms with Crippen LogP contribution in [0, 0.1) is 10.1 Å². The van der Waals surface area contributed by atoms with Gasteiger partial charge in [-0.05, 0) is 42.5 Å². The molecule has 0 saturated heterocycles. The molecule has 30 heavy (non-hydrogen) atoms. The van der Waals surface area contributed by atoms with Gasteiger partial charge in [-0.2, -0.15) is 0 Å². The lowest BCUT2D eigenvalue weighted by molar-refractivity contribution is -0.387. The molecule has 0 aliphatic heterocycles. The number of para-hydroxylation sites is 1. The number of methoxy groups -OCH3 is 1. The van der Waals surface area contributed by atoms with Crippen LogP contribution in [0.3, 0.4) is 0 Å². The SMILES string of the molecule is COc1ccc(Sc2ccc(-c3[nH]c4ccccc4c(=O)c3O)cc2[N+](=O)[O-])cc1. The second-order valence-electron chi connectivity index (χ2n) is 6.44. The normalized spacial score (nSPS) is 10.8. The Bertz CT molecular complexity index is 1320. The molecule has 0 fully saturated rings. The van der Waals surface area contributed by atoms with Crippen molar-refractivity contribution < 1.29 is 14.8 Å². The fourth-order valence-corrected chi connectivity index (χ4v) is 4.01. The van der Waals surface area contributed by atoms with Gasteiger partial charge in [0.25, 0.3) is 5.69 Å². The number of fused-ring (bicyclic) bond motifs is 1. The lowest BCUT2D eigenvalue weighted by Gasteiger charge is -2.09. The predicted molar refractivity (Wildman–Crippen MR) is 115 cm³/mol. The molecule has 0 unspecified atom stereocenters. The first-order valence-corrected chi connectivity index (χ1v) is 9.74. The zero-order valence-electron chi connectivity index (χ0n) is 15.8. The van der Waals surface area contributed by atoms with E-state index in [-0.39, 0.29) is 11.4 Å². The first-order chi connectivity index (χ1) is 14.5. The molecule has 1 heterocycles. The van der Waals surface area contributed by atoms with Gasteiger partial charge in [-0.3, -0.25) is 14.9 Å². The molecule has 4 aromatic rings. The van der Waals surface area contributed by atoms with Crippen LogP contribution in [0.25, 0.3) is 22.2 Å². The van der Waals surface area contributed by atoms with Crippen LogP contribution in [0.2, 0.25) is 0 Å². The number of pyridine rings is 1. The van der Waals surface area contributed by atoms with Crippen LogP contribution in [0.4, 0.5) is 5.69 Å². The van der Waals surface area contributed by atoms with Crippen LogP contribution >= 0.6 is 11.8 Å². The van der Waals surface area contributed by atoms with Crippen molar-refractivity contribution in [3.05, 3.63) is 87.1 Å². The summed E-state index contributed by atoms with van der Waals surface area (Å²) in [7, 11) is 1.57. The number of hydrogen-bond donors (Lipinski definition) is 2. The Morgan fingerprint density at radius 1 is 1.07 bits per heavy atom. The van der Waals surface area contributed by atoms with Crippen molar-refractivity contribution in [2.45, 2.75) is 9.79 Å². The van der Waals surface area contributed by atoms with Crippen molar-refractivity contribution in [2.24, 2.45) is 0 Å². The summed E-state index contributed by atoms with van der Waals surface area (Å²) in [5.41, 5.74) is 0.374. The van der Waals surface area contributed by atoms with Crippen molar-refractivity contribution in [2.75, 3.05) is 7.11 Å². The van der Waals surface area contributed by atoms with E-state index in [1.807, 2.05) is 12.1 Å². The minimum absolute atomic E-state index is 0.123. The number of rotatable bonds is 5. The number of H-pyrrole nitrogens is 1. The molecular weight excluding hydrogens is 404 g/mol. The fraction of sp³-hybridized carbons (Fsp3) is 0.0455. The second-order valence-corrected chi connectivity index (χ2v) is 7.56. The van der Waals surface area contributed by atoms with E-state index in [9.17, 15) is 20.0 Å². The Labute approximate surface area is 175 Å². The topological polar surface area (TPSA) is 105 Å². The number of nitrogens with zero attached hydrogens (tertiary/aromatic N) is 1. The highest BCUT2D eigenvalue weighted by Crippen LogP contribution is 2.38. The van der Waals surface area contributed by atoms with Gasteiger partial charge in [0.05, 0.1) is 22.6 Å². The smallest absolute Gasteiger partial charge is 0.283 e. The van der Waals surface area contributed by atoms with Gasteiger partial charge in [0.2, 0.25) is 5.43 Å². The van der Waals surface area contributed by atoms with E-state index in [0.717, 1.165) is 4.90 Å². The largest absolute Gasteiger partial charge is 0.503 e. The molecule has 0 atom stereocenters. The molecule has 3 aromatic carbocycles. The van der Waals surface area contributed by atoms with Gasteiger partial charge in [0, 0.05) is 27.4 Å². The minimum Gasteiger partial charge on any atom is -0.503 e. The summed E-state index contributed by atoms with van der Waals surface area (Å²) in [6.07, 6.45) is 0. The van der Waals surface area contributed by atoms with Crippen LogP contribution < -0.4 is 10.2 Å². The first-order valence-electron chi connectivity index (χ1n) is 8.92. The van der Waals surface area contributed by atoms with E-state index in [0.29, 0.717) is 27.1 Å². The third-order valence-corrected chi connectivity index (χ3v) is 5.69. The molecular formula is C22H16N2O5S. The highest BCUT2D eigenvalue weighted by Gasteiger charge is 2.19. The molecule has 0 radical (unpaired) electrons. The molecule has 0 aliphatic rings. The number of aromatic amines is 1. The van der Waals surface area contributed by atoms with E-state index in [1.165, 1.54) is 17.8 Å². The number of ether oxygens (including phenoxy) is 1. The number of nitrogens with one attached hydrogen (secondary N) is 1. The molecule has 0 aliphatic carbocycles. The molecule has 0 amide bonds. The van der Waals surface area contributed by atoms with Crippen molar-refractivity contribution in [1.82, 2.24) is 4.98 Å². The average Bonchev–Trinajstić information content (AvgIpc) is 2.77. The Balaban J connectivity index is 1.78. The number of aromatic hydroxyl groups is 1. The van der Waals surface area contributed by atoms with E-state index in [4.69, 9.17) is 4.74 Å². The maximum atomic E-state index is 12.5. The summed E-state index contributed by atoms with van der Waals surface area (Å²) in [6, 6.07) is 18.6. The Kier molecular flexibility index (Phi) is 5.16. The molecule has 0 spiro atoms. The molecule has 8 heteroatoms. The molecule has 1 aromatic heterocycles. The summed E-state index contributed by atoms with van der Waals surface area (Å²) in [4.78, 5) is 28.0. The van der Waals surface area contributed by atoms with Gasteiger partial charge >= 0.3 is 0 Å². The number of benzene rings is 3. The summed E-state index contributed by atoms with van der Waals surface area (Å²) in [5.74, 6) is 0.221. The average molecular weight is 420 g/mol. The first kappa shape index (κ1) is 19.5. The second kappa shape index (κ2) is 7.92. The highest BCUT2D eigenvalue weighted by molar-refractivity contribution is 7.99. The molecule has 4 rings (SSSR count). The van der Waals surface area contributed by atoms with Crippen LogP contribution in [-0.2, 0) is 0 Å². The van der Waals surface area contributed by atoms with Crippen LogP contribution in [0.5, 0.6) is 11.5 Å². The van der Waals surface area contributed by atoms with Gasteiger partial charge < -0.3 is 14.8 Å². The van der Waals surface area contributed by atoms with Gasteiger partial charge in [-0.15, -0.1) is 0 Å². The van der Waals surface area contributed by atoms with Crippen LogP contribution in [0.1, 0.15) is 0 Å². The number of nitro groups is 1. The molecule has 0 saturated carbocycles. The maximum absolute atomic E-state index is 12.5. The van der Waals surface area contributed by atoms with Crippen molar-refractivity contribution >= 4 is 28.4 Å². The van der Waals surface area contributed by atoms with E-state index in [1.54, 1.807) is 55.6 Å². The summed E-state index contributed by atoms with van der Waals surface area (Å²) >= 11 is 1.24. The molecule has 150 valence electrons. The van der Waals surface area contributed by atoms with Gasteiger partial charge in [-0.1, -0.05) is 30.0 Å². The Morgan fingerprint density at radius 3 is 2.50 bits per heavy atom. The van der Waals surface area contributed by atoms with Gasteiger partial charge in [0.1, 0.15) is 5.75 Å². The van der Waals surface area contributed by atoms with Gasteiger partial charge in [-0.25, -0.2) is 0 Å². The number of aromatic nitrogens is 1. The van der Waals surface area contributed by atoms with Crippen molar-refractivity contribution in [3.8, 4) is 22.8 Å². The lowest BCUT2D eigenvalue weighted by Crippen LogP contribution is -2.05. The summed E-state index contributed by atoms with van der Waals surface area (Å²) in [5, 5.41) is 22.4. The van der Waals surface area contributed by atoms with Crippen LogP contribution in [-0.4, -0.2) is 22.1 Å². The Hall–Kier alpha value is -3.78. The lowest BCUT2D eigenvalue weighted by atomic mass is 10.1. The number of nitro benzene ring substituents is 1. The maximum Gasteiger partial charge on any atom is 0.283 e. The van der Waals surface area contributed by atoms with Crippen molar-refractivity contribution in [3.63, 3.8) is 0 Å². The van der Waals surface area contributed by atoms with E-state index >= 15 is 0 Å². The third kappa shape index (κ3) is 3.60. The fourth-order valence-electron chi connectivity index (χ4n) is 3.11. The third-order valence-electron chi connectivity index (χ3n) is 4.61. The highest BCUT2D eigenvalue weighted by atomic mass is 32.2. The molecule has 2 N–H and O–H groups in total. The zero-order chi connectivity index (χ0) is 21.3. The summed E-state index contributed by atoms with van der Waals surface area (Å²) < 4.78 is 5.13.